The van der Waals surface area contributed by atoms with E-state index in [2.05, 4.69) is 10.6 Å². The van der Waals surface area contributed by atoms with Crippen molar-refractivity contribution in [1.29, 1.82) is 0 Å². The maximum Gasteiger partial charge on any atom is 0.221 e. The van der Waals surface area contributed by atoms with Crippen molar-refractivity contribution >= 4 is 5.91 Å². The number of nitrogens with one attached hydrogen (secondary N) is 2. The molecule has 1 aromatic heterocycles. The molecule has 14 heavy (non-hydrogen) atoms. The molecule has 0 spiro atoms. The summed E-state index contributed by atoms with van der Waals surface area (Å²) in [5.74, 6) is 0.977. The van der Waals surface area contributed by atoms with E-state index >= 15 is 0 Å². The second kappa shape index (κ2) is 6.21. The first-order chi connectivity index (χ1) is 6.83. The number of amides is 1. The van der Waals surface area contributed by atoms with E-state index in [1.165, 1.54) is 0 Å². The van der Waals surface area contributed by atoms with Gasteiger partial charge in [0.05, 0.1) is 6.26 Å². The predicted molar refractivity (Wildman–Crippen MR) is 54.0 cm³/mol. The average molecular weight is 196 g/mol. The molecule has 4 heteroatoms. The number of hydrogen-bond acceptors (Lipinski definition) is 3. The molecule has 0 bridgehead atoms. The van der Waals surface area contributed by atoms with Gasteiger partial charge in [0, 0.05) is 25.9 Å². The molecule has 0 aliphatic rings. The van der Waals surface area contributed by atoms with Gasteiger partial charge in [-0.15, -0.1) is 0 Å². The number of carbonyl (C=O) groups is 1. The Morgan fingerprint density at radius 2 is 2.36 bits per heavy atom. The smallest absolute Gasteiger partial charge is 0.221 e. The van der Waals surface area contributed by atoms with Crippen LogP contribution >= 0.6 is 0 Å². The minimum Gasteiger partial charge on any atom is -0.469 e. The van der Waals surface area contributed by atoms with Crippen LogP contribution in [0.4, 0.5) is 0 Å². The number of carbonyl (C=O) groups excluding carboxylic acids is 1. The molecule has 0 saturated heterocycles. The summed E-state index contributed by atoms with van der Waals surface area (Å²) in [4.78, 5) is 11.1. The number of hydrogen-bond donors (Lipinski definition) is 2. The van der Waals surface area contributed by atoms with Gasteiger partial charge in [-0.1, -0.05) is 0 Å². The third-order valence-electron chi connectivity index (χ3n) is 1.88. The molecular weight excluding hydrogens is 180 g/mol. The van der Waals surface area contributed by atoms with Gasteiger partial charge in [0.1, 0.15) is 5.76 Å². The third kappa shape index (κ3) is 4.09. The maximum absolute atomic E-state index is 11.1. The second-order valence-corrected chi connectivity index (χ2v) is 3.03. The molecule has 1 aromatic rings. The topological polar surface area (TPSA) is 54.3 Å². The number of rotatable bonds is 6. The Morgan fingerprint density at radius 3 is 3.00 bits per heavy atom. The summed E-state index contributed by atoms with van der Waals surface area (Å²) in [6.07, 6.45) is 2.91. The Kier molecular flexibility index (Phi) is 4.78. The van der Waals surface area contributed by atoms with Crippen molar-refractivity contribution in [3.8, 4) is 0 Å². The monoisotopic (exact) mass is 196 g/mol. The summed E-state index contributed by atoms with van der Waals surface area (Å²) < 4.78 is 5.13. The SMILES string of the molecule is CNCCC(=O)NCCc1ccco1. The van der Waals surface area contributed by atoms with Crippen LogP contribution in [0, 0.1) is 0 Å². The van der Waals surface area contributed by atoms with Crippen molar-refractivity contribution < 1.29 is 9.21 Å². The summed E-state index contributed by atoms with van der Waals surface area (Å²) in [5.41, 5.74) is 0. The Hall–Kier alpha value is -1.29. The van der Waals surface area contributed by atoms with E-state index in [0.717, 1.165) is 12.2 Å². The summed E-state index contributed by atoms with van der Waals surface area (Å²) in [5, 5.41) is 5.74. The van der Waals surface area contributed by atoms with Crippen LogP contribution in [0.3, 0.4) is 0 Å². The lowest BCUT2D eigenvalue weighted by Crippen LogP contribution is -2.28. The first kappa shape index (κ1) is 10.8. The van der Waals surface area contributed by atoms with Crippen LogP contribution in [-0.4, -0.2) is 26.0 Å². The van der Waals surface area contributed by atoms with Gasteiger partial charge in [-0.05, 0) is 19.2 Å². The highest BCUT2D eigenvalue weighted by atomic mass is 16.3. The molecule has 78 valence electrons. The van der Waals surface area contributed by atoms with Gasteiger partial charge in [0.25, 0.3) is 0 Å². The molecule has 0 atom stereocenters. The van der Waals surface area contributed by atoms with Crippen LogP contribution in [0.15, 0.2) is 22.8 Å². The molecule has 1 heterocycles. The van der Waals surface area contributed by atoms with Gasteiger partial charge in [0.15, 0.2) is 0 Å². The van der Waals surface area contributed by atoms with E-state index in [0.29, 0.717) is 19.5 Å². The van der Waals surface area contributed by atoms with Gasteiger partial charge < -0.3 is 15.1 Å². The highest BCUT2D eigenvalue weighted by molar-refractivity contribution is 5.76. The van der Waals surface area contributed by atoms with Crippen molar-refractivity contribution in [2.24, 2.45) is 0 Å². The minimum absolute atomic E-state index is 0.0749. The van der Waals surface area contributed by atoms with E-state index in [1.807, 2.05) is 19.2 Å². The maximum atomic E-state index is 11.1. The fourth-order valence-corrected chi connectivity index (χ4v) is 1.11. The largest absolute Gasteiger partial charge is 0.469 e. The Morgan fingerprint density at radius 1 is 1.50 bits per heavy atom. The Balaban J connectivity index is 2.06. The molecule has 0 fully saturated rings. The van der Waals surface area contributed by atoms with Crippen LogP contribution in [0.1, 0.15) is 12.2 Å². The van der Waals surface area contributed by atoms with Gasteiger partial charge in [0.2, 0.25) is 5.91 Å². The molecule has 0 aliphatic carbocycles. The van der Waals surface area contributed by atoms with Crippen molar-refractivity contribution in [2.75, 3.05) is 20.1 Å². The van der Waals surface area contributed by atoms with E-state index in [9.17, 15) is 4.79 Å². The van der Waals surface area contributed by atoms with Crippen LogP contribution < -0.4 is 10.6 Å². The second-order valence-electron chi connectivity index (χ2n) is 3.03. The minimum atomic E-state index is 0.0749. The van der Waals surface area contributed by atoms with Gasteiger partial charge >= 0.3 is 0 Å². The highest BCUT2D eigenvalue weighted by Crippen LogP contribution is 1.99. The molecule has 0 radical (unpaired) electrons. The lowest BCUT2D eigenvalue weighted by atomic mass is 10.3. The zero-order chi connectivity index (χ0) is 10.2. The van der Waals surface area contributed by atoms with Gasteiger partial charge in [-0.3, -0.25) is 4.79 Å². The molecule has 0 unspecified atom stereocenters. The molecule has 1 rings (SSSR count). The van der Waals surface area contributed by atoms with Crippen LogP contribution in [-0.2, 0) is 11.2 Å². The first-order valence-electron chi connectivity index (χ1n) is 4.76. The van der Waals surface area contributed by atoms with Crippen molar-refractivity contribution in [2.45, 2.75) is 12.8 Å². The molecule has 2 N–H and O–H groups in total. The molecule has 0 saturated carbocycles. The van der Waals surface area contributed by atoms with Crippen molar-refractivity contribution in [3.63, 3.8) is 0 Å². The summed E-state index contributed by atoms with van der Waals surface area (Å²) in [7, 11) is 1.83. The molecular formula is C10H16N2O2. The normalized spacial score (nSPS) is 10.1. The molecule has 1 amide bonds. The van der Waals surface area contributed by atoms with Crippen molar-refractivity contribution in [1.82, 2.24) is 10.6 Å². The highest BCUT2D eigenvalue weighted by Gasteiger charge is 2.00. The fourth-order valence-electron chi connectivity index (χ4n) is 1.11. The summed E-state index contributed by atoms with van der Waals surface area (Å²) >= 11 is 0. The lowest BCUT2D eigenvalue weighted by molar-refractivity contribution is -0.120. The first-order valence-corrected chi connectivity index (χ1v) is 4.76. The van der Waals surface area contributed by atoms with Gasteiger partial charge in [-0.2, -0.15) is 0 Å². The zero-order valence-corrected chi connectivity index (χ0v) is 8.38. The lowest BCUT2D eigenvalue weighted by Gasteiger charge is -2.02. The summed E-state index contributed by atoms with van der Waals surface area (Å²) in [6.45, 7) is 1.35. The van der Waals surface area contributed by atoms with E-state index in [-0.39, 0.29) is 5.91 Å². The molecule has 4 nitrogen and oxygen atoms in total. The fraction of sp³-hybridized carbons (Fsp3) is 0.500. The zero-order valence-electron chi connectivity index (χ0n) is 8.38. The molecule has 0 aromatic carbocycles. The molecule has 0 aliphatic heterocycles. The quantitative estimate of drug-likeness (QED) is 0.698. The Bertz CT molecular complexity index is 257. The van der Waals surface area contributed by atoms with Gasteiger partial charge in [-0.25, -0.2) is 0 Å². The predicted octanol–water partition coefficient (Wildman–Crippen LogP) is 0.548. The average Bonchev–Trinajstić information content (AvgIpc) is 2.67. The summed E-state index contributed by atoms with van der Waals surface area (Å²) in [6, 6.07) is 3.75. The van der Waals surface area contributed by atoms with E-state index < -0.39 is 0 Å². The van der Waals surface area contributed by atoms with Crippen LogP contribution in [0.25, 0.3) is 0 Å². The van der Waals surface area contributed by atoms with Crippen molar-refractivity contribution in [3.05, 3.63) is 24.2 Å². The van der Waals surface area contributed by atoms with E-state index in [4.69, 9.17) is 4.42 Å². The Labute approximate surface area is 83.7 Å². The van der Waals surface area contributed by atoms with Crippen LogP contribution in [0.5, 0.6) is 0 Å². The number of furan rings is 1. The van der Waals surface area contributed by atoms with E-state index in [1.54, 1.807) is 6.26 Å². The van der Waals surface area contributed by atoms with Crippen LogP contribution in [0.2, 0.25) is 0 Å². The standard InChI is InChI=1S/C10H16N2O2/c1-11-6-5-10(13)12-7-4-9-3-2-8-14-9/h2-3,8,11H,4-7H2,1H3,(H,12,13). The third-order valence-corrected chi connectivity index (χ3v) is 1.88.